The second-order valence-electron chi connectivity index (χ2n) is 6.56. The van der Waals surface area contributed by atoms with Gasteiger partial charge in [-0.2, -0.15) is 4.31 Å². The van der Waals surface area contributed by atoms with Crippen molar-refractivity contribution in [2.45, 2.75) is 24.3 Å². The van der Waals surface area contributed by atoms with E-state index in [4.69, 9.17) is 0 Å². The Kier molecular flexibility index (Phi) is 5.86. The van der Waals surface area contributed by atoms with Crippen molar-refractivity contribution >= 4 is 15.9 Å². The molecular weight excluding hydrogens is 374 g/mol. The number of sulfonamides is 1. The smallest absolute Gasteiger partial charge is 0.243 e. The molecule has 0 aliphatic carbocycles. The Hall–Kier alpha value is -2.32. The standard InChI is InChI=1S/C19H20F2N2O3S/c20-17-7-6-16(11-18(17)21)27(25,26)23-9-8-15(13-23)10-19(24)22-12-14-4-2-1-3-5-14/h1-7,11,15H,8-10,12-13H2,(H,22,24)/t15-/m1/s1. The second-order valence-corrected chi connectivity index (χ2v) is 8.50. The summed E-state index contributed by atoms with van der Waals surface area (Å²) in [7, 11) is -3.91. The van der Waals surface area contributed by atoms with Crippen molar-refractivity contribution in [1.82, 2.24) is 9.62 Å². The normalized spacial score (nSPS) is 17.8. The third kappa shape index (κ3) is 4.70. The molecular formula is C19H20F2N2O3S. The molecule has 1 saturated heterocycles. The Morgan fingerprint density at radius 2 is 1.85 bits per heavy atom. The van der Waals surface area contributed by atoms with Crippen LogP contribution in [0.1, 0.15) is 18.4 Å². The second kappa shape index (κ2) is 8.14. The Labute approximate surface area is 157 Å². The lowest BCUT2D eigenvalue weighted by molar-refractivity contribution is -0.122. The summed E-state index contributed by atoms with van der Waals surface area (Å²) < 4.78 is 52.8. The lowest BCUT2D eigenvalue weighted by Gasteiger charge is -2.17. The van der Waals surface area contributed by atoms with Crippen LogP contribution in [0.25, 0.3) is 0 Å². The number of hydrogen-bond acceptors (Lipinski definition) is 3. The van der Waals surface area contributed by atoms with E-state index >= 15 is 0 Å². The summed E-state index contributed by atoms with van der Waals surface area (Å²) >= 11 is 0. The first-order valence-electron chi connectivity index (χ1n) is 8.62. The summed E-state index contributed by atoms with van der Waals surface area (Å²) in [6, 6.07) is 12.0. The van der Waals surface area contributed by atoms with Gasteiger partial charge in [0.05, 0.1) is 4.90 Å². The van der Waals surface area contributed by atoms with Gasteiger partial charge in [-0.05, 0) is 36.1 Å². The van der Waals surface area contributed by atoms with Gasteiger partial charge in [0.15, 0.2) is 11.6 Å². The van der Waals surface area contributed by atoms with Gasteiger partial charge in [0.2, 0.25) is 15.9 Å². The molecule has 0 unspecified atom stereocenters. The summed E-state index contributed by atoms with van der Waals surface area (Å²) in [5.74, 6) is -2.55. The highest BCUT2D eigenvalue weighted by atomic mass is 32.2. The minimum atomic E-state index is -3.91. The molecule has 0 bridgehead atoms. The van der Waals surface area contributed by atoms with Crippen molar-refractivity contribution in [1.29, 1.82) is 0 Å². The van der Waals surface area contributed by atoms with Crippen molar-refractivity contribution < 1.29 is 22.0 Å². The topological polar surface area (TPSA) is 66.5 Å². The minimum Gasteiger partial charge on any atom is -0.352 e. The van der Waals surface area contributed by atoms with Crippen LogP contribution in [0.15, 0.2) is 53.4 Å². The molecule has 2 aromatic rings. The summed E-state index contributed by atoms with van der Waals surface area (Å²) in [5, 5.41) is 2.83. The number of nitrogens with one attached hydrogen (secondary N) is 1. The highest BCUT2D eigenvalue weighted by Crippen LogP contribution is 2.27. The molecule has 1 heterocycles. The number of rotatable bonds is 6. The van der Waals surface area contributed by atoms with Crippen LogP contribution in [-0.4, -0.2) is 31.7 Å². The zero-order chi connectivity index (χ0) is 19.4. The van der Waals surface area contributed by atoms with Crippen molar-refractivity contribution in [3.05, 3.63) is 65.7 Å². The van der Waals surface area contributed by atoms with Crippen LogP contribution in [0.2, 0.25) is 0 Å². The first-order chi connectivity index (χ1) is 12.9. The summed E-state index contributed by atoms with van der Waals surface area (Å²) in [4.78, 5) is 11.8. The summed E-state index contributed by atoms with van der Waals surface area (Å²) in [6.07, 6.45) is 0.762. The van der Waals surface area contributed by atoms with Crippen molar-refractivity contribution in [2.24, 2.45) is 5.92 Å². The van der Waals surface area contributed by atoms with Crippen LogP contribution in [-0.2, 0) is 21.4 Å². The first kappa shape index (κ1) is 19.4. The van der Waals surface area contributed by atoms with Crippen LogP contribution < -0.4 is 5.32 Å². The van der Waals surface area contributed by atoms with Gasteiger partial charge in [-0.15, -0.1) is 0 Å². The molecule has 144 valence electrons. The Morgan fingerprint density at radius 3 is 2.56 bits per heavy atom. The maximum atomic E-state index is 13.4. The van der Waals surface area contributed by atoms with Crippen LogP contribution in [0.4, 0.5) is 8.78 Å². The molecule has 3 rings (SSSR count). The molecule has 1 atom stereocenters. The van der Waals surface area contributed by atoms with E-state index in [1.54, 1.807) is 0 Å². The van der Waals surface area contributed by atoms with Crippen LogP contribution in [0.3, 0.4) is 0 Å². The van der Waals surface area contributed by atoms with Gasteiger partial charge in [-0.3, -0.25) is 4.79 Å². The van der Waals surface area contributed by atoms with Gasteiger partial charge < -0.3 is 5.32 Å². The molecule has 1 amide bonds. The van der Waals surface area contributed by atoms with Gasteiger partial charge in [0.25, 0.3) is 0 Å². The Balaban J connectivity index is 1.56. The van der Waals surface area contributed by atoms with E-state index < -0.39 is 21.7 Å². The Morgan fingerprint density at radius 1 is 1.11 bits per heavy atom. The Bertz CT molecular complexity index is 920. The lowest BCUT2D eigenvalue weighted by Crippen LogP contribution is -2.30. The molecule has 1 aliphatic rings. The number of hydrogen-bond donors (Lipinski definition) is 1. The number of benzene rings is 2. The molecule has 0 radical (unpaired) electrons. The average Bonchev–Trinajstić information content (AvgIpc) is 3.12. The van der Waals surface area contributed by atoms with Gasteiger partial charge in [-0.1, -0.05) is 30.3 Å². The molecule has 0 saturated carbocycles. The minimum absolute atomic E-state index is 0.110. The molecule has 1 N–H and O–H groups in total. The highest BCUT2D eigenvalue weighted by molar-refractivity contribution is 7.89. The molecule has 1 aliphatic heterocycles. The van der Waals surface area contributed by atoms with E-state index in [0.717, 1.165) is 17.7 Å². The molecule has 8 heteroatoms. The molecule has 0 spiro atoms. The van der Waals surface area contributed by atoms with Crippen LogP contribution in [0, 0.1) is 17.6 Å². The first-order valence-corrected chi connectivity index (χ1v) is 10.1. The molecule has 1 fully saturated rings. The zero-order valence-corrected chi connectivity index (χ0v) is 15.4. The molecule has 5 nitrogen and oxygen atoms in total. The monoisotopic (exact) mass is 394 g/mol. The van der Waals surface area contributed by atoms with Gasteiger partial charge >= 0.3 is 0 Å². The predicted molar refractivity (Wildman–Crippen MR) is 96.1 cm³/mol. The van der Waals surface area contributed by atoms with E-state index in [2.05, 4.69) is 5.32 Å². The number of carbonyl (C=O) groups is 1. The fraction of sp³-hybridized carbons (Fsp3) is 0.316. The number of carbonyl (C=O) groups excluding carboxylic acids is 1. The quantitative estimate of drug-likeness (QED) is 0.819. The van der Waals surface area contributed by atoms with E-state index in [9.17, 15) is 22.0 Å². The molecule has 27 heavy (non-hydrogen) atoms. The summed E-state index contributed by atoms with van der Waals surface area (Å²) in [5.41, 5.74) is 0.986. The maximum absolute atomic E-state index is 13.4. The van der Waals surface area contributed by atoms with Crippen molar-refractivity contribution in [3.8, 4) is 0 Å². The van der Waals surface area contributed by atoms with E-state index in [1.807, 2.05) is 30.3 Å². The van der Waals surface area contributed by atoms with E-state index in [-0.39, 0.29) is 36.2 Å². The number of amides is 1. The number of halogens is 2. The third-order valence-electron chi connectivity index (χ3n) is 4.58. The number of nitrogens with zero attached hydrogens (tertiary/aromatic N) is 1. The highest BCUT2D eigenvalue weighted by Gasteiger charge is 2.33. The largest absolute Gasteiger partial charge is 0.352 e. The fourth-order valence-electron chi connectivity index (χ4n) is 3.10. The fourth-order valence-corrected chi connectivity index (χ4v) is 4.64. The maximum Gasteiger partial charge on any atom is 0.243 e. The van der Waals surface area contributed by atoms with Crippen LogP contribution in [0.5, 0.6) is 0 Å². The molecule has 2 aromatic carbocycles. The van der Waals surface area contributed by atoms with Crippen LogP contribution >= 0.6 is 0 Å². The lowest BCUT2D eigenvalue weighted by atomic mass is 10.0. The van der Waals surface area contributed by atoms with Gasteiger partial charge in [0.1, 0.15) is 0 Å². The van der Waals surface area contributed by atoms with Crippen molar-refractivity contribution in [3.63, 3.8) is 0 Å². The SMILES string of the molecule is O=C(C[C@H]1CCN(S(=O)(=O)c2ccc(F)c(F)c2)C1)NCc1ccccc1. The van der Waals surface area contributed by atoms with Crippen molar-refractivity contribution in [2.75, 3.05) is 13.1 Å². The predicted octanol–water partition coefficient (Wildman–Crippen LogP) is 2.68. The van der Waals surface area contributed by atoms with Gasteiger partial charge in [0, 0.05) is 26.1 Å². The zero-order valence-electron chi connectivity index (χ0n) is 14.6. The summed E-state index contributed by atoms with van der Waals surface area (Å²) in [6.45, 7) is 0.849. The van der Waals surface area contributed by atoms with E-state index in [0.29, 0.717) is 19.0 Å². The van der Waals surface area contributed by atoms with Gasteiger partial charge in [-0.25, -0.2) is 17.2 Å². The van der Waals surface area contributed by atoms with E-state index in [1.165, 1.54) is 4.31 Å². The molecule has 0 aromatic heterocycles. The third-order valence-corrected chi connectivity index (χ3v) is 6.45. The average molecular weight is 394 g/mol.